The van der Waals surface area contributed by atoms with Crippen molar-refractivity contribution in [2.75, 3.05) is 6.54 Å². The zero-order valence-corrected chi connectivity index (χ0v) is 15.2. The lowest BCUT2D eigenvalue weighted by atomic mass is 10.1. The molecule has 1 N–H and O–H groups in total. The lowest BCUT2D eigenvalue weighted by molar-refractivity contribution is 0.189. The highest BCUT2D eigenvalue weighted by molar-refractivity contribution is 9.10. The van der Waals surface area contributed by atoms with Gasteiger partial charge in [-0.25, -0.2) is 0 Å². The van der Waals surface area contributed by atoms with Gasteiger partial charge in [-0.15, -0.1) is 0 Å². The number of likely N-dealkylation sites (tertiary alicyclic amines) is 1. The maximum absolute atomic E-state index is 3.77. The maximum atomic E-state index is 3.77. The van der Waals surface area contributed by atoms with Crippen molar-refractivity contribution in [3.63, 3.8) is 0 Å². The molecule has 21 heavy (non-hydrogen) atoms. The number of nitrogens with zero attached hydrogens (tertiary/aromatic N) is 1. The second-order valence-corrected chi connectivity index (χ2v) is 7.12. The van der Waals surface area contributed by atoms with Crippen LogP contribution in [-0.4, -0.2) is 23.5 Å². The first-order chi connectivity index (χ1) is 10.2. The fourth-order valence-electron chi connectivity index (χ4n) is 3.28. The second-order valence-electron chi connectivity index (χ2n) is 6.26. The van der Waals surface area contributed by atoms with Gasteiger partial charge >= 0.3 is 0 Å². The van der Waals surface area contributed by atoms with Crippen molar-refractivity contribution in [2.24, 2.45) is 0 Å². The predicted molar refractivity (Wildman–Crippen MR) is 94.5 cm³/mol. The van der Waals surface area contributed by atoms with E-state index in [9.17, 15) is 0 Å². The lowest BCUT2D eigenvalue weighted by Crippen LogP contribution is -2.33. The number of nitrogens with one attached hydrogen (secondary N) is 1. The average Bonchev–Trinajstić information content (AvgIpc) is 2.82. The van der Waals surface area contributed by atoms with Crippen LogP contribution < -0.4 is 5.32 Å². The molecule has 118 valence electrons. The Balaban J connectivity index is 2.00. The standard InChI is InChI=1S/C18H29BrN2/c1-4-10-20-12-15-7-8-16(18(19)11-15)13-21-14(3)6-9-17(21)5-2/h7-8,11,14,17,20H,4-6,9-10,12-13H2,1-3H3. The molecular weight excluding hydrogens is 324 g/mol. The van der Waals surface area contributed by atoms with E-state index < -0.39 is 0 Å². The molecule has 0 radical (unpaired) electrons. The van der Waals surface area contributed by atoms with Crippen LogP contribution in [0.5, 0.6) is 0 Å². The first-order valence-corrected chi connectivity index (χ1v) is 9.18. The van der Waals surface area contributed by atoms with Gasteiger partial charge in [0, 0.05) is 29.6 Å². The highest BCUT2D eigenvalue weighted by atomic mass is 79.9. The number of rotatable bonds is 7. The van der Waals surface area contributed by atoms with Crippen LogP contribution in [0.15, 0.2) is 22.7 Å². The van der Waals surface area contributed by atoms with Crippen molar-refractivity contribution >= 4 is 15.9 Å². The van der Waals surface area contributed by atoms with E-state index in [1.807, 2.05) is 0 Å². The molecule has 2 rings (SSSR count). The minimum atomic E-state index is 0.716. The van der Waals surface area contributed by atoms with Gasteiger partial charge in [0.1, 0.15) is 0 Å². The molecule has 0 saturated carbocycles. The number of hydrogen-bond acceptors (Lipinski definition) is 2. The number of benzene rings is 1. The third-order valence-corrected chi connectivity index (χ3v) is 5.39. The van der Waals surface area contributed by atoms with Gasteiger partial charge < -0.3 is 5.32 Å². The molecule has 2 nitrogen and oxygen atoms in total. The van der Waals surface area contributed by atoms with Crippen LogP contribution >= 0.6 is 15.9 Å². The summed E-state index contributed by atoms with van der Waals surface area (Å²) in [5.41, 5.74) is 2.78. The van der Waals surface area contributed by atoms with Gasteiger partial charge in [0.2, 0.25) is 0 Å². The molecule has 2 atom stereocenters. The Morgan fingerprint density at radius 3 is 2.76 bits per heavy atom. The summed E-state index contributed by atoms with van der Waals surface area (Å²) in [5, 5.41) is 3.46. The Bertz CT molecular complexity index is 447. The van der Waals surface area contributed by atoms with Gasteiger partial charge in [-0.05, 0) is 56.3 Å². The van der Waals surface area contributed by atoms with E-state index >= 15 is 0 Å². The molecule has 1 fully saturated rings. The molecule has 1 aliphatic rings. The van der Waals surface area contributed by atoms with Crippen molar-refractivity contribution in [1.29, 1.82) is 0 Å². The summed E-state index contributed by atoms with van der Waals surface area (Å²) in [7, 11) is 0. The molecule has 0 spiro atoms. The Hall–Kier alpha value is -0.380. The minimum absolute atomic E-state index is 0.716. The first-order valence-electron chi connectivity index (χ1n) is 8.39. The summed E-state index contributed by atoms with van der Waals surface area (Å²) >= 11 is 3.77. The van der Waals surface area contributed by atoms with Gasteiger partial charge in [-0.2, -0.15) is 0 Å². The molecule has 1 aromatic rings. The zero-order chi connectivity index (χ0) is 15.2. The van der Waals surface area contributed by atoms with E-state index in [0.717, 1.165) is 25.7 Å². The second kappa shape index (κ2) is 8.30. The summed E-state index contributed by atoms with van der Waals surface area (Å²) in [6, 6.07) is 8.32. The predicted octanol–water partition coefficient (Wildman–Crippen LogP) is 4.71. The fourth-order valence-corrected chi connectivity index (χ4v) is 3.84. The molecular formula is C18H29BrN2. The van der Waals surface area contributed by atoms with Crippen molar-refractivity contribution < 1.29 is 0 Å². The van der Waals surface area contributed by atoms with Gasteiger partial charge in [0.15, 0.2) is 0 Å². The van der Waals surface area contributed by atoms with Crippen LogP contribution in [0.25, 0.3) is 0 Å². The van der Waals surface area contributed by atoms with Crippen LogP contribution in [0.1, 0.15) is 57.6 Å². The van der Waals surface area contributed by atoms with E-state index in [4.69, 9.17) is 0 Å². The summed E-state index contributed by atoms with van der Waals surface area (Å²) in [5.74, 6) is 0. The molecule has 0 aliphatic carbocycles. The normalized spacial score (nSPS) is 22.9. The molecule has 2 unspecified atom stereocenters. The molecule has 1 aromatic carbocycles. The molecule has 0 amide bonds. The van der Waals surface area contributed by atoms with Crippen LogP contribution in [0, 0.1) is 0 Å². The van der Waals surface area contributed by atoms with E-state index in [1.165, 1.54) is 41.3 Å². The molecule has 0 bridgehead atoms. The summed E-state index contributed by atoms with van der Waals surface area (Å²) < 4.78 is 1.26. The third-order valence-electron chi connectivity index (χ3n) is 4.65. The van der Waals surface area contributed by atoms with Crippen molar-refractivity contribution in [3.8, 4) is 0 Å². The summed E-state index contributed by atoms with van der Waals surface area (Å²) in [4.78, 5) is 2.68. The quantitative estimate of drug-likeness (QED) is 0.714. The maximum Gasteiger partial charge on any atom is 0.0250 e. The summed E-state index contributed by atoms with van der Waals surface area (Å²) in [6.45, 7) is 10.0. The highest BCUT2D eigenvalue weighted by Gasteiger charge is 2.29. The summed E-state index contributed by atoms with van der Waals surface area (Å²) in [6.07, 6.45) is 5.15. The number of hydrogen-bond donors (Lipinski definition) is 1. The Morgan fingerprint density at radius 1 is 1.29 bits per heavy atom. The SMILES string of the molecule is CCCNCc1ccc(CN2C(C)CCC2CC)c(Br)c1. The molecule has 1 aliphatic heterocycles. The van der Waals surface area contributed by atoms with Crippen LogP contribution in [-0.2, 0) is 13.1 Å². The van der Waals surface area contributed by atoms with Crippen molar-refractivity contribution in [1.82, 2.24) is 10.2 Å². The van der Waals surface area contributed by atoms with Crippen LogP contribution in [0.2, 0.25) is 0 Å². The van der Waals surface area contributed by atoms with E-state index in [-0.39, 0.29) is 0 Å². The topological polar surface area (TPSA) is 15.3 Å². The molecule has 0 aromatic heterocycles. The van der Waals surface area contributed by atoms with E-state index in [2.05, 4.69) is 65.1 Å². The van der Waals surface area contributed by atoms with E-state index in [0.29, 0.717) is 6.04 Å². The van der Waals surface area contributed by atoms with Gasteiger partial charge in [-0.3, -0.25) is 4.90 Å². The number of halogens is 1. The average molecular weight is 353 g/mol. The highest BCUT2D eigenvalue weighted by Crippen LogP contribution is 2.30. The Kier molecular flexibility index (Phi) is 6.72. The zero-order valence-electron chi connectivity index (χ0n) is 13.7. The monoisotopic (exact) mass is 352 g/mol. The fraction of sp³-hybridized carbons (Fsp3) is 0.667. The van der Waals surface area contributed by atoms with Gasteiger partial charge in [0.05, 0.1) is 0 Å². The van der Waals surface area contributed by atoms with E-state index in [1.54, 1.807) is 0 Å². The molecule has 1 saturated heterocycles. The van der Waals surface area contributed by atoms with Crippen LogP contribution in [0.4, 0.5) is 0 Å². The Labute approximate surface area is 138 Å². The molecule has 1 heterocycles. The van der Waals surface area contributed by atoms with Crippen LogP contribution in [0.3, 0.4) is 0 Å². The van der Waals surface area contributed by atoms with Crippen molar-refractivity contribution in [2.45, 2.75) is 71.6 Å². The van der Waals surface area contributed by atoms with Gasteiger partial charge in [-0.1, -0.05) is 41.9 Å². The van der Waals surface area contributed by atoms with Gasteiger partial charge in [0.25, 0.3) is 0 Å². The smallest absolute Gasteiger partial charge is 0.0250 e. The Morgan fingerprint density at radius 2 is 2.10 bits per heavy atom. The first kappa shape index (κ1) is 17.0. The minimum Gasteiger partial charge on any atom is -0.313 e. The molecule has 3 heteroatoms. The largest absolute Gasteiger partial charge is 0.313 e. The van der Waals surface area contributed by atoms with Crippen molar-refractivity contribution in [3.05, 3.63) is 33.8 Å². The third kappa shape index (κ3) is 4.54. The lowest BCUT2D eigenvalue weighted by Gasteiger charge is -2.28.